The highest BCUT2D eigenvalue weighted by Gasteiger charge is 2.21. The van der Waals surface area contributed by atoms with Gasteiger partial charge in [-0.3, -0.25) is 9.87 Å². The van der Waals surface area contributed by atoms with E-state index in [1.807, 2.05) is 30.5 Å². The molecule has 0 heterocycles. The number of amidine groups is 1. The lowest BCUT2D eigenvalue weighted by Gasteiger charge is -2.24. The van der Waals surface area contributed by atoms with Gasteiger partial charge in [0.2, 0.25) is 0 Å². The molecule has 1 saturated carbocycles. The molecule has 0 unspecified atom stereocenters. The number of benzene rings is 2. The van der Waals surface area contributed by atoms with Crippen LogP contribution in [0.1, 0.15) is 43.6 Å². The summed E-state index contributed by atoms with van der Waals surface area (Å²) in [6.45, 7) is 0. The van der Waals surface area contributed by atoms with Gasteiger partial charge in [-0.05, 0) is 48.8 Å². The number of nitrogens with zero attached hydrogens (tertiary/aromatic N) is 2. The van der Waals surface area contributed by atoms with Crippen LogP contribution in [0.2, 0.25) is 0 Å². The lowest BCUT2D eigenvalue weighted by atomic mass is 9.84. The number of thioether (sulfide) groups is 1. The van der Waals surface area contributed by atoms with Crippen LogP contribution in [0.25, 0.3) is 0 Å². The molecule has 0 aromatic heterocycles. The van der Waals surface area contributed by atoms with Gasteiger partial charge in [0.25, 0.3) is 10.1 Å². The zero-order valence-electron chi connectivity index (χ0n) is 16.5. The first-order chi connectivity index (χ1) is 14.4. The predicted octanol–water partition coefficient (Wildman–Crippen LogP) is 5.19. The van der Waals surface area contributed by atoms with Crippen LogP contribution in [0.5, 0.6) is 11.5 Å². The zero-order valence-corrected chi connectivity index (χ0v) is 18.2. The maximum atomic E-state index is 11.6. The van der Waals surface area contributed by atoms with Crippen molar-refractivity contribution in [2.75, 3.05) is 6.26 Å². The quantitative estimate of drug-likeness (QED) is 0.214. The van der Waals surface area contributed by atoms with Crippen molar-refractivity contribution < 1.29 is 17.7 Å². The van der Waals surface area contributed by atoms with Crippen LogP contribution < -0.4 is 10.1 Å². The highest BCUT2D eigenvalue weighted by molar-refractivity contribution is 8.13. The summed E-state index contributed by atoms with van der Waals surface area (Å²) in [5.41, 5.74) is 1.41. The Morgan fingerprint density at radius 1 is 1.20 bits per heavy atom. The smallest absolute Gasteiger partial charge is 0.294 e. The minimum Gasteiger partial charge on any atom is -0.455 e. The van der Waals surface area contributed by atoms with Crippen LogP contribution in [0.4, 0.5) is 5.69 Å². The number of nitrogens with one attached hydrogen (secondary N) is 1. The van der Waals surface area contributed by atoms with E-state index in [2.05, 4.69) is 10.3 Å². The number of rotatable bonds is 5. The maximum Gasteiger partial charge on any atom is 0.294 e. The SMILES string of the molecule is CSC(=Nc1ccc(S(=O)(=O)O)cc1Oc1ccccc1C1CCCCC1)NC#N. The molecule has 1 aliphatic carbocycles. The van der Waals surface area contributed by atoms with Crippen LogP contribution in [-0.4, -0.2) is 24.4 Å². The van der Waals surface area contributed by atoms with Gasteiger partial charge >= 0.3 is 0 Å². The van der Waals surface area contributed by atoms with E-state index in [1.54, 1.807) is 6.26 Å². The molecule has 2 aromatic rings. The van der Waals surface area contributed by atoms with E-state index in [4.69, 9.17) is 10.00 Å². The molecular formula is C21H23N3O4S2. The van der Waals surface area contributed by atoms with Crippen LogP contribution in [-0.2, 0) is 10.1 Å². The molecule has 30 heavy (non-hydrogen) atoms. The van der Waals surface area contributed by atoms with Crippen molar-refractivity contribution in [2.24, 2.45) is 4.99 Å². The summed E-state index contributed by atoms with van der Waals surface area (Å²) in [4.78, 5) is 4.09. The topological polar surface area (TPSA) is 112 Å². The minimum absolute atomic E-state index is 0.180. The zero-order chi connectivity index (χ0) is 21.6. The van der Waals surface area contributed by atoms with Gasteiger partial charge in [-0.1, -0.05) is 49.2 Å². The first-order valence-electron chi connectivity index (χ1n) is 9.58. The van der Waals surface area contributed by atoms with E-state index in [1.165, 1.54) is 49.2 Å². The lowest BCUT2D eigenvalue weighted by molar-refractivity contribution is 0.418. The fourth-order valence-electron chi connectivity index (χ4n) is 3.55. The molecule has 0 atom stereocenters. The lowest BCUT2D eigenvalue weighted by Crippen LogP contribution is -2.12. The molecule has 2 aromatic carbocycles. The predicted molar refractivity (Wildman–Crippen MR) is 118 cm³/mol. The summed E-state index contributed by atoms with van der Waals surface area (Å²) in [6, 6.07) is 11.6. The van der Waals surface area contributed by atoms with E-state index < -0.39 is 10.1 Å². The van der Waals surface area contributed by atoms with Gasteiger partial charge in [0, 0.05) is 6.07 Å². The molecule has 0 amide bonds. The summed E-state index contributed by atoms with van der Waals surface area (Å²) in [5.74, 6) is 1.20. The van der Waals surface area contributed by atoms with Crippen LogP contribution in [0, 0.1) is 11.5 Å². The highest BCUT2D eigenvalue weighted by atomic mass is 32.2. The average Bonchev–Trinajstić information content (AvgIpc) is 2.74. The number of hydrogen-bond donors (Lipinski definition) is 2. The van der Waals surface area contributed by atoms with Crippen LogP contribution in [0.3, 0.4) is 0 Å². The third-order valence-corrected chi connectivity index (χ3v) is 6.42. The first-order valence-corrected chi connectivity index (χ1v) is 12.2. The molecule has 2 N–H and O–H groups in total. The molecule has 0 spiro atoms. The maximum absolute atomic E-state index is 11.6. The number of aliphatic imine (C=N–C) groups is 1. The van der Waals surface area contributed by atoms with E-state index in [0.717, 1.165) is 18.4 Å². The Kier molecular flexibility index (Phi) is 7.37. The van der Waals surface area contributed by atoms with Crippen LogP contribution >= 0.6 is 11.8 Å². The second-order valence-corrected chi connectivity index (χ2v) is 9.15. The molecule has 0 aliphatic heterocycles. The Labute approximate surface area is 180 Å². The summed E-state index contributed by atoms with van der Waals surface area (Å²) >= 11 is 1.23. The largest absolute Gasteiger partial charge is 0.455 e. The van der Waals surface area contributed by atoms with Crippen molar-refractivity contribution in [1.82, 2.24) is 5.32 Å². The van der Waals surface area contributed by atoms with Crippen molar-refractivity contribution >= 4 is 32.7 Å². The van der Waals surface area contributed by atoms with Crippen molar-refractivity contribution in [3.05, 3.63) is 48.0 Å². The number of nitriles is 1. The number of hydrogen-bond acceptors (Lipinski definition) is 6. The number of ether oxygens (including phenoxy) is 1. The first kappa shape index (κ1) is 22.2. The van der Waals surface area contributed by atoms with Gasteiger partial charge in [-0.2, -0.15) is 13.7 Å². The number of para-hydroxylation sites is 1. The Morgan fingerprint density at radius 2 is 1.93 bits per heavy atom. The van der Waals surface area contributed by atoms with Gasteiger partial charge in [0.1, 0.15) is 11.4 Å². The molecular weight excluding hydrogens is 422 g/mol. The molecule has 1 aliphatic rings. The Balaban J connectivity index is 2.05. The van der Waals surface area contributed by atoms with Gasteiger partial charge < -0.3 is 4.74 Å². The van der Waals surface area contributed by atoms with Crippen molar-refractivity contribution in [1.29, 1.82) is 5.26 Å². The normalized spacial score (nSPS) is 15.4. The van der Waals surface area contributed by atoms with E-state index >= 15 is 0 Å². The summed E-state index contributed by atoms with van der Waals surface area (Å²) in [5, 5.41) is 11.7. The summed E-state index contributed by atoms with van der Waals surface area (Å²) < 4.78 is 38.9. The van der Waals surface area contributed by atoms with Gasteiger partial charge in [0.15, 0.2) is 17.1 Å². The highest BCUT2D eigenvalue weighted by Crippen LogP contribution is 2.41. The third-order valence-electron chi connectivity index (χ3n) is 4.99. The fraction of sp³-hybridized carbons (Fsp3) is 0.333. The van der Waals surface area contributed by atoms with Crippen molar-refractivity contribution in [3.8, 4) is 17.7 Å². The summed E-state index contributed by atoms with van der Waals surface area (Å²) in [6.07, 6.45) is 9.32. The summed E-state index contributed by atoms with van der Waals surface area (Å²) in [7, 11) is -4.41. The molecule has 0 saturated heterocycles. The van der Waals surface area contributed by atoms with E-state index in [-0.39, 0.29) is 10.6 Å². The molecule has 0 bridgehead atoms. The molecule has 158 valence electrons. The van der Waals surface area contributed by atoms with Gasteiger partial charge in [-0.25, -0.2) is 4.99 Å². The molecule has 3 rings (SSSR count). The van der Waals surface area contributed by atoms with Crippen molar-refractivity contribution in [2.45, 2.75) is 42.9 Å². The van der Waals surface area contributed by atoms with Crippen molar-refractivity contribution in [3.63, 3.8) is 0 Å². The fourth-order valence-corrected chi connectivity index (χ4v) is 4.39. The van der Waals surface area contributed by atoms with Gasteiger partial charge in [-0.15, -0.1) is 0 Å². The standard InChI is InChI=1S/C21H23N3O4S2/c1-29-21(23-14-22)24-18-12-11-16(30(25,26)27)13-20(18)28-19-10-6-5-9-17(19)15-7-3-2-4-8-15/h5-6,9-13,15H,2-4,7-8H2,1H3,(H,23,24)(H,25,26,27). The second-order valence-electron chi connectivity index (χ2n) is 6.94. The Bertz CT molecular complexity index is 1070. The Hall–Kier alpha value is -2.54. The monoisotopic (exact) mass is 445 g/mol. The van der Waals surface area contributed by atoms with Gasteiger partial charge in [0.05, 0.1) is 4.90 Å². The molecule has 7 nitrogen and oxygen atoms in total. The Morgan fingerprint density at radius 3 is 2.60 bits per heavy atom. The van der Waals surface area contributed by atoms with E-state index in [9.17, 15) is 13.0 Å². The molecule has 0 radical (unpaired) electrons. The third kappa shape index (κ3) is 5.53. The van der Waals surface area contributed by atoms with Crippen LogP contribution in [0.15, 0.2) is 52.4 Å². The average molecular weight is 446 g/mol. The second kappa shape index (κ2) is 9.98. The van der Waals surface area contributed by atoms with E-state index in [0.29, 0.717) is 22.5 Å². The molecule has 1 fully saturated rings. The minimum atomic E-state index is -4.41. The molecule has 9 heteroatoms.